The van der Waals surface area contributed by atoms with Crippen molar-refractivity contribution in [2.75, 3.05) is 7.11 Å². The van der Waals surface area contributed by atoms with Gasteiger partial charge in [0.15, 0.2) is 0 Å². The van der Waals surface area contributed by atoms with Gasteiger partial charge in [-0.3, -0.25) is 4.68 Å². The molecule has 0 aromatic carbocycles. The van der Waals surface area contributed by atoms with Gasteiger partial charge in [-0.15, -0.1) is 11.3 Å². The molecule has 2 aromatic rings. The van der Waals surface area contributed by atoms with Crippen molar-refractivity contribution < 1.29 is 14.3 Å². The van der Waals surface area contributed by atoms with E-state index >= 15 is 0 Å². The Labute approximate surface area is 127 Å². The van der Waals surface area contributed by atoms with E-state index in [2.05, 4.69) is 5.10 Å². The van der Waals surface area contributed by atoms with Gasteiger partial charge in [-0.25, -0.2) is 4.79 Å². The highest BCUT2D eigenvalue weighted by Gasteiger charge is 2.33. The van der Waals surface area contributed by atoms with Gasteiger partial charge in [0.2, 0.25) is 0 Å². The summed E-state index contributed by atoms with van der Waals surface area (Å²) in [5.41, 5.74) is 0.890. The molecule has 1 fully saturated rings. The van der Waals surface area contributed by atoms with E-state index in [-0.39, 0.29) is 18.1 Å². The molecule has 5 nitrogen and oxygen atoms in total. The monoisotopic (exact) mass is 306 g/mol. The molecule has 1 aliphatic carbocycles. The molecule has 0 unspecified atom stereocenters. The zero-order valence-corrected chi connectivity index (χ0v) is 12.7. The summed E-state index contributed by atoms with van der Waals surface area (Å²) in [6.07, 6.45) is 6.52. The molecule has 6 heteroatoms. The van der Waals surface area contributed by atoms with Crippen LogP contribution >= 0.6 is 11.3 Å². The summed E-state index contributed by atoms with van der Waals surface area (Å²) < 4.78 is 12.7. The molecule has 0 amide bonds. The maximum Gasteiger partial charge on any atom is 0.349 e. The van der Waals surface area contributed by atoms with Crippen LogP contribution in [0.3, 0.4) is 0 Å². The van der Waals surface area contributed by atoms with E-state index in [0.29, 0.717) is 11.5 Å². The van der Waals surface area contributed by atoms with Crippen LogP contribution in [0.1, 0.15) is 40.5 Å². The Morgan fingerprint density at radius 3 is 3.19 bits per heavy atom. The number of hydrogen-bond acceptors (Lipinski definition) is 5. The van der Waals surface area contributed by atoms with E-state index in [1.54, 1.807) is 13.3 Å². The van der Waals surface area contributed by atoms with Gasteiger partial charge in [0, 0.05) is 25.1 Å². The third-order valence-corrected chi connectivity index (χ3v) is 4.71. The average molecular weight is 306 g/mol. The molecule has 21 heavy (non-hydrogen) atoms. The molecule has 0 saturated heterocycles. The highest BCUT2D eigenvalue weighted by atomic mass is 32.1. The van der Waals surface area contributed by atoms with Crippen LogP contribution in [0, 0.1) is 0 Å². The zero-order chi connectivity index (χ0) is 14.7. The van der Waals surface area contributed by atoms with E-state index < -0.39 is 0 Å². The smallest absolute Gasteiger partial charge is 0.349 e. The van der Waals surface area contributed by atoms with Crippen LogP contribution < -0.4 is 0 Å². The van der Waals surface area contributed by atoms with Gasteiger partial charge in [0.1, 0.15) is 11.0 Å². The van der Waals surface area contributed by atoms with Crippen molar-refractivity contribution in [1.82, 2.24) is 9.78 Å². The summed E-state index contributed by atoms with van der Waals surface area (Å²) in [7, 11) is 1.62. The standard InChI is InChI=1S/C15H18N2O3S/c1-19-10-11-6-9-21-14(11)15(18)20-13-5-2-4-12(13)17-8-3-7-16-17/h3,6-9,12-13H,2,4-5,10H2,1H3/t12-,13-/m1/s1. The van der Waals surface area contributed by atoms with Crippen LogP contribution in [0.25, 0.3) is 0 Å². The van der Waals surface area contributed by atoms with E-state index in [4.69, 9.17) is 9.47 Å². The van der Waals surface area contributed by atoms with E-state index in [0.717, 1.165) is 24.8 Å². The predicted molar refractivity (Wildman–Crippen MR) is 79.4 cm³/mol. The minimum absolute atomic E-state index is 0.102. The summed E-state index contributed by atoms with van der Waals surface area (Å²) in [6.45, 7) is 0.432. The zero-order valence-electron chi connectivity index (χ0n) is 11.9. The highest BCUT2D eigenvalue weighted by molar-refractivity contribution is 7.12. The Balaban J connectivity index is 1.70. The quantitative estimate of drug-likeness (QED) is 0.797. The molecule has 0 radical (unpaired) electrons. The lowest BCUT2D eigenvalue weighted by Gasteiger charge is -2.20. The first-order valence-corrected chi connectivity index (χ1v) is 7.93. The molecule has 1 saturated carbocycles. The number of nitrogens with zero attached hydrogens (tertiary/aromatic N) is 2. The fourth-order valence-corrected chi connectivity index (χ4v) is 3.59. The molecule has 1 aliphatic rings. The van der Waals surface area contributed by atoms with Gasteiger partial charge < -0.3 is 9.47 Å². The van der Waals surface area contributed by atoms with Crippen LogP contribution in [-0.4, -0.2) is 29.0 Å². The molecule has 3 rings (SSSR count). The second-order valence-electron chi connectivity index (χ2n) is 5.14. The maximum absolute atomic E-state index is 12.4. The molecule has 112 valence electrons. The summed E-state index contributed by atoms with van der Waals surface area (Å²) in [4.78, 5) is 13.0. The summed E-state index contributed by atoms with van der Waals surface area (Å²) in [5, 5.41) is 6.17. The van der Waals surface area contributed by atoms with Gasteiger partial charge >= 0.3 is 5.97 Å². The largest absolute Gasteiger partial charge is 0.456 e. The number of ether oxygens (including phenoxy) is 2. The van der Waals surface area contributed by atoms with E-state index in [9.17, 15) is 4.79 Å². The van der Waals surface area contributed by atoms with Crippen LogP contribution in [-0.2, 0) is 16.1 Å². The molecule has 2 heterocycles. The summed E-state index contributed by atoms with van der Waals surface area (Å²) in [6, 6.07) is 3.95. The van der Waals surface area contributed by atoms with Gasteiger partial charge in [0.25, 0.3) is 0 Å². The third kappa shape index (κ3) is 3.01. The number of methoxy groups -OCH3 is 1. The van der Waals surface area contributed by atoms with Gasteiger partial charge in [0.05, 0.1) is 12.6 Å². The average Bonchev–Trinajstić information content (AvgIpc) is 3.19. The second kappa shape index (κ2) is 6.41. The second-order valence-corrected chi connectivity index (χ2v) is 6.05. The SMILES string of the molecule is COCc1ccsc1C(=O)O[C@@H]1CCC[C@H]1n1cccn1. The van der Waals surface area contributed by atoms with Crippen LogP contribution in [0.15, 0.2) is 29.9 Å². The van der Waals surface area contributed by atoms with Crippen molar-refractivity contribution in [3.8, 4) is 0 Å². The number of thiophene rings is 1. The Morgan fingerprint density at radius 1 is 1.52 bits per heavy atom. The van der Waals surface area contributed by atoms with Crippen LogP contribution in [0.2, 0.25) is 0 Å². The van der Waals surface area contributed by atoms with E-state index in [1.165, 1.54) is 11.3 Å². The number of aromatic nitrogens is 2. The predicted octanol–water partition coefficient (Wildman–Crippen LogP) is 3.04. The number of esters is 1. The van der Waals surface area contributed by atoms with Crippen LogP contribution in [0.4, 0.5) is 0 Å². The lowest BCUT2D eigenvalue weighted by molar-refractivity contribution is 0.0212. The minimum atomic E-state index is -0.249. The van der Waals surface area contributed by atoms with Gasteiger partial charge in [-0.05, 0) is 36.8 Å². The first-order chi connectivity index (χ1) is 10.3. The Bertz CT molecular complexity index is 594. The lowest BCUT2D eigenvalue weighted by Crippen LogP contribution is -2.25. The van der Waals surface area contributed by atoms with E-state index in [1.807, 2.05) is 28.4 Å². The van der Waals surface area contributed by atoms with Crippen molar-refractivity contribution in [1.29, 1.82) is 0 Å². The molecular weight excluding hydrogens is 288 g/mol. The highest BCUT2D eigenvalue weighted by Crippen LogP contribution is 2.33. The molecule has 0 bridgehead atoms. The van der Waals surface area contributed by atoms with Gasteiger partial charge in [-0.2, -0.15) is 5.10 Å². The summed E-state index contributed by atoms with van der Waals surface area (Å²) in [5.74, 6) is -0.249. The first-order valence-electron chi connectivity index (χ1n) is 7.05. The molecular formula is C15H18N2O3S. The fourth-order valence-electron chi connectivity index (χ4n) is 2.80. The van der Waals surface area contributed by atoms with Crippen molar-refractivity contribution in [3.05, 3.63) is 40.3 Å². The molecule has 2 atom stereocenters. The Kier molecular flexibility index (Phi) is 4.36. The summed E-state index contributed by atoms with van der Waals surface area (Å²) >= 11 is 1.40. The minimum Gasteiger partial charge on any atom is -0.456 e. The molecule has 0 N–H and O–H groups in total. The number of carbonyl (C=O) groups excluding carboxylic acids is 1. The first kappa shape index (κ1) is 14.3. The topological polar surface area (TPSA) is 53.4 Å². The fraction of sp³-hybridized carbons (Fsp3) is 0.467. The third-order valence-electron chi connectivity index (χ3n) is 3.77. The van der Waals surface area contributed by atoms with Crippen molar-refractivity contribution >= 4 is 17.3 Å². The normalized spacial score (nSPS) is 21.6. The Morgan fingerprint density at radius 2 is 2.43 bits per heavy atom. The van der Waals surface area contributed by atoms with Crippen molar-refractivity contribution in [2.45, 2.75) is 38.0 Å². The van der Waals surface area contributed by atoms with Crippen molar-refractivity contribution in [2.24, 2.45) is 0 Å². The number of rotatable bonds is 5. The van der Waals surface area contributed by atoms with Gasteiger partial charge in [-0.1, -0.05) is 0 Å². The lowest BCUT2D eigenvalue weighted by atomic mass is 10.2. The molecule has 0 spiro atoms. The Hall–Kier alpha value is -1.66. The molecule has 0 aliphatic heterocycles. The van der Waals surface area contributed by atoms with Crippen molar-refractivity contribution in [3.63, 3.8) is 0 Å². The van der Waals surface area contributed by atoms with Crippen LogP contribution in [0.5, 0.6) is 0 Å². The number of carbonyl (C=O) groups is 1. The maximum atomic E-state index is 12.4. The number of hydrogen-bond donors (Lipinski definition) is 0. The molecule has 2 aromatic heterocycles.